The van der Waals surface area contributed by atoms with Crippen molar-refractivity contribution in [2.45, 2.75) is 13.3 Å². The van der Waals surface area contributed by atoms with E-state index in [1.807, 2.05) is 6.92 Å². The first-order valence-corrected chi connectivity index (χ1v) is 4.82. The second-order valence-electron chi connectivity index (χ2n) is 3.04. The van der Waals surface area contributed by atoms with E-state index < -0.39 is 5.97 Å². The largest absolute Gasteiger partial charge is 0.387 e. The number of H-pyrrole nitrogens is 1. The van der Waals surface area contributed by atoms with Crippen LogP contribution in [0.4, 0.5) is 0 Å². The molecule has 0 amide bonds. The summed E-state index contributed by atoms with van der Waals surface area (Å²) in [7, 11) is 0. The van der Waals surface area contributed by atoms with E-state index in [1.165, 1.54) is 18.6 Å². The molecule has 82 valence electrons. The number of ether oxygens (including phenoxy) is 1. The highest BCUT2D eigenvalue weighted by Crippen LogP contribution is 2.09. The topological polar surface area (TPSA) is 80.8 Å². The average molecular weight is 218 g/mol. The number of carbonyl (C=O) groups is 1. The fraction of sp³-hybridized carbons (Fsp3) is 0.200. The van der Waals surface area contributed by atoms with E-state index in [0.29, 0.717) is 12.0 Å². The van der Waals surface area contributed by atoms with Crippen LogP contribution >= 0.6 is 0 Å². The Kier molecular flexibility index (Phi) is 2.90. The van der Waals surface area contributed by atoms with E-state index in [1.54, 1.807) is 6.07 Å². The van der Waals surface area contributed by atoms with Crippen LogP contribution in [-0.4, -0.2) is 26.1 Å². The maximum Gasteiger partial charge on any atom is 0.349 e. The Hall–Kier alpha value is -2.24. The molecule has 0 bridgehead atoms. The molecule has 0 unspecified atom stereocenters. The van der Waals surface area contributed by atoms with Gasteiger partial charge in [-0.25, -0.2) is 14.8 Å². The summed E-state index contributed by atoms with van der Waals surface area (Å²) >= 11 is 0. The second-order valence-corrected chi connectivity index (χ2v) is 3.04. The monoisotopic (exact) mass is 218 g/mol. The van der Waals surface area contributed by atoms with E-state index in [0.717, 1.165) is 5.69 Å². The van der Waals surface area contributed by atoms with E-state index in [9.17, 15) is 4.79 Å². The van der Waals surface area contributed by atoms with Crippen molar-refractivity contribution in [1.29, 1.82) is 0 Å². The first kappa shape index (κ1) is 10.3. The van der Waals surface area contributed by atoms with Crippen LogP contribution in [0, 0.1) is 0 Å². The van der Waals surface area contributed by atoms with Gasteiger partial charge in [-0.1, -0.05) is 6.92 Å². The number of nitrogens with zero attached hydrogens (tertiary/aromatic N) is 3. The molecule has 0 saturated carbocycles. The van der Waals surface area contributed by atoms with Crippen LogP contribution in [0.15, 0.2) is 24.7 Å². The number of aromatic nitrogens is 4. The molecule has 1 N–H and O–H groups in total. The molecular weight excluding hydrogens is 208 g/mol. The lowest BCUT2D eigenvalue weighted by Gasteiger charge is -2.00. The maximum atomic E-state index is 11.7. The zero-order chi connectivity index (χ0) is 11.4. The number of aryl methyl sites for hydroxylation is 1. The summed E-state index contributed by atoms with van der Waals surface area (Å²) in [4.78, 5) is 19.3. The van der Waals surface area contributed by atoms with Gasteiger partial charge in [-0.3, -0.25) is 5.10 Å². The Bertz CT molecular complexity index is 481. The summed E-state index contributed by atoms with van der Waals surface area (Å²) in [6.07, 6.45) is 5.13. The van der Waals surface area contributed by atoms with Gasteiger partial charge in [0, 0.05) is 18.1 Å². The number of hydrogen-bond donors (Lipinski definition) is 1. The van der Waals surface area contributed by atoms with Crippen LogP contribution in [0.5, 0.6) is 6.01 Å². The van der Waals surface area contributed by atoms with Crippen molar-refractivity contribution >= 4 is 5.97 Å². The third kappa shape index (κ3) is 2.05. The van der Waals surface area contributed by atoms with E-state index >= 15 is 0 Å². The number of rotatable bonds is 3. The van der Waals surface area contributed by atoms with Crippen molar-refractivity contribution in [3.63, 3.8) is 0 Å². The number of carbonyl (C=O) groups excluding carboxylic acids is 1. The van der Waals surface area contributed by atoms with Gasteiger partial charge >= 0.3 is 12.0 Å². The molecule has 0 saturated heterocycles. The minimum atomic E-state index is -0.503. The van der Waals surface area contributed by atoms with E-state index in [-0.39, 0.29) is 6.01 Å². The minimum Gasteiger partial charge on any atom is -0.387 e. The molecule has 0 aliphatic rings. The normalized spacial score (nSPS) is 10.1. The van der Waals surface area contributed by atoms with Gasteiger partial charge in [0.05, 0.1) is 6.20 Å². The number of hydrogen-bond acceptors (Lipinski definition) is 5. The minimum absolute atomic E-state index is 0.0377. The molecule has 0 aliphatic carbocycles. The molecule has 16 heavy (non-hydrogen) atoms. The predicted octanol–water partition coefficient (Wildman–Crippen LogP) is 0.981. The number of esters is 1. The summed E-state index contributed by atoms with van der Waals surface area (Å²) < 4.78 is 4.98. The lowest BCUT2D eigenvalue weighted by Crippen LogP contribution is -2.11. The summed E-state index contributed by atoms with van der Waals surface area (Å²) in [5.74, 6) is -0.503. The SMILES string of the molecule is CCc1[nH]ncc1C(=O)Oc1ncccn1. The van der Waals surface area contributed by atoms with Crippen molar-refractivity contribution < 1.29 is 9.53 Å². The number of aromatic amines is 1. The molecule has 2 aromatic heterocycles. The smallest absolute Gasteiger partial charge is 0.349 e. The molecule has 6 heteroatoms. The lowest BCUT2D eigenvalue weighted by atomic mass is 10.2. The maximum absolute atomic E-state index is 11.7. The highest BCUT2D eigenvalue weighted by atomic mass is 16.5. The molecule has 2 heterocycles. The third-order valence-electron chi connectivity index (χ3n) is 2.02. The molecule has 6 nitrogen and oxygen atoms in total. The van der Waals surface area contributed by atoms with E-state index in [2.05, 4.69) is 20.2 Å². The zero-order valence-corrected chi connectivity index (χ0v) is 8.67. The van der Waals surface area contributed by atoms with Crippen molar-refractivity contribution in [1.82, 2.24) is 20.2 Å². The molecule has 2 rings (SSSR count). The lowest BCUT2D eigenvalue weighted by molar-refractivity contribution is 0.0718. The van der Waals surface area contributed by atoms with Crippen molar-refractivity contribution in [3.8, 4) is 6.01 Å². The summed E-state index contributed by atoms with van der Waals surface area (Å²) in [5.41, 5.74) is 1.15. The Morgan fingerprint density at radius 2 is 2.19 bits per heavy atom. The molecule has 0 atom stereocenters. The average Bonchev–Trinajstić information content (AvgIpc) is 2.78. The van der Waals surface area contributed by atoms with Crippen molar-refractivity contribution in [2.75, 3.05) is 0 Å². The van der Waals surface area contributed by atoms with Crippen molar-refractivity contribution in [2.24, 2.45) is 0 Å². The van der Waals surface area contributed by atoms with Gasteiger partial charge in [0.15, 0.2) is 0 Å². The quantitative estimate of drug-likeness (QED) is 0.776. The highest BCUT2D eigenvalue weighted by Gasteiger charge is 2.15. The fourth-order valence-corrected chi connectivity index (χ4v) is 1.23. The molecule has 0 aromatic carbocycles. The van der Waals surface area contributed by atoms with Gasteiger partial charge in [0.1, 0.15) is 5.56 Å². The van der Waals surface area contributed by atoms with Crippen LogP contribution < -0.4 is 4.74 Å². The Morgan fingerprint density at radius 1 is 1.44 bits per heavy atom. The molecule has 2 aromatic rings. The Morgan fingerprint density at radius 3 is 2.88 bits per heavy atom. The summed E-state index contributed by atoms with van der Waals surface area (Å²) in [6, 6.07) is 1.68. The number of nitrogens with one attached hydrogen (secondary N) is 1. The summed E-state index contributed by atoms with van der Waals surface area (Å²) in [6.45, 7) is 1.92. The first-order chi connectivity index (χ1) is 7.81. The van der Waals surface area contributed by atoms with Crippen molar-refractivity contribution in [3.05, 3.63) is 35.9 Å². The van der Waals surface area contributed by atoms with Gasteiger partial charge in [-0.05, 0) is 12.5 Å². The van der Waals surface area contributed by atoms with Crippen LogP contribution in [0.1, 0.15) is 23.0 Å². The highest BCUT2D eigenvalue weighted by molar-refractivity contribution is 5.91. The third-order valence-corrected chi connectivity index (χ3v) is 2.02. The Labute approximate surface area is 91.7 Å². The van der Waals surface area contributed by atoms with Gasteiger partial charge < -0.3 is 4.74 Å². The first-order valence-electron chi connectivity index (χ1n) is 4.82. The van der Waals surface area contributed by atoms with Crippen LogP contribution in [0.25, 0.3) is 0 Å². The second kappa shape index (κ2) is 4.52. The van der Waals surface area contributed by atoms with E-state index in [4.69, 9.17) is 4.74 Å². The fourth-order valence-electron chi connectivity index (χ4n) is 1.23. The van der Waals surface area contributed by atoms with Gasteiger partial charge in [0.2, 0.25) is 0 Å². The van der Waals surface area contributed by atoms with Crippen LogP contribution in [0.2, 0.25) is 0 Å². The standard InChI is InChI=1S/C10H10N4O2/c1-2-8-7(6-13-14-8)9(15)16-10-11-4-3-5-12-10/h3-6H,2H2,1H3,(H,13,14). The predicted molar refractivity (Wildman–Crippen MR) is 55.0 cm³/mol. The molecule has 0 fully saturated rings. The molecule has 0 aliphatic heterocycles. The zero-order valence-electron chi connectivity index (χ0n) is 8.67. The Balaban J connectivity index is 2.15. The van der Waals surface area contributed by atoms with Gasteiger partial charge in [0.25, 0.3) is 0 Å². The van der Waals surface area contributed by atoms with Crippen LogP contribution in [-0.2, 0) is 6.42 Å². The van der Waals surface area contributed by atoms with Crippen LogP contribution in [0.3, 0.4) is 0 Å². The van der Waals surface area contributed by atoms with Gasteiger partial charge in [-0.15, -0.1) is 0 Å². The molecular formula is C10H10N4O2. The molecule has 0 radical (unpaired) electrons. The molecule has 0 spiro atoms. The summed E-state index contributed by atoms with van der Waals surface area (Å²) in [5, 5.41) is 6.52. The van der Waals surface area contributed by atoms with Gasteiger partial charge in [-0.2, -0.15) is 5.10 Å².